The van der Waals surface area contributed by atoms with Crippen LogP contribution in [-0.4, -0.2) is 16.9 Å². The van der Waals surface area contributed by atoms with Gasteiger partial charge in [0.2, 0.25) is 0 Å². The van der Waals surface area contributed by atoms with Crippen molar-refractivity contribution in [2.45, 2.75) is 39.3 Å². The highest BCUT2D eigenvalue weighted by molar-refractivity contribution is 6.17. The quantitative estimate of drug-likeness (QED) is 0.755. The molecule has 0 radical (unpaired) electrons. The number of nitrogens with one attached hydrogen (secondary N) is 1. The van der Waals surface area contributed by atoms with E-state index in [0.717, 1.165) is 25.1 Å². The number of rotatable bonds is 6. The summed E-state index contributed by atoms with van der Waals surface area (Å²) in [6.45, 7) is 5.10. The molecule has 1 heterocycles. The van der Waals surface area contributed by atoms with E-state index in [0.29, 0.717) is 11.9 Å². The van der Waals surface area contributed by atoms with Gasteiger partial charge in [-0.05, 0) is 31.4 Å². The molecule has 0 saturated carbocycles. The fourth-order valence-corrected chi connectivity index (χ4v) is 1.79. The Bertz CT molecular complexity index is 289. The van der Waals surface area contributed by atoms with E-state index in [4.69, 9.17) is 11.6 Å². The van der Waals surface area contributed by atoms with E-state index in [1.54, 1.807) is 0 Å². The number of nitrogens with zero attached hydrogens (tertiary/aromatic N) is 1. The third-order valence-corrected chi connectivity index (χ3v) is 2.84. The molecule has 0 aliphatic carbocycles. The summed E-state index contributed by atoms with van der Waals surface area (Å²) in [6.07, 6.45) is 3.97. The van der Waals surface area contributed by atoms with Gasteiger partial charge in [0.1, 0.15) is 0 Å². The van der Waals surface area contributed by atoms with Gasteiger partial charge in [0.25, 0.3) is 0 Å². The zero-order valence-corrected chi connectivity index (χ0v) is 10.2. The lowest BCUT2D eigenvalue weighted by Crippen LogP contribution is -2.28. The lowest BCUT2D eigenvalue weighted by Gasteiger charge is -2.15. The van der Waals surface area contributed by atoms with Crippen LogP contribution >= 0.6 is 11.6 Å². The first kappa shape index (κ1) is 12.5. The van der Waals surface area contributed by atoms with Gasteiger partial charge in [0.05, 0.1) is 5.69 Å². The second-order valence-electron chi connectivity index (χ2n) is 3.73. The summed E-state index contributed by atoms with van der Waals surface area (Å²) in [4.78, 5) is 4.35. The van der Waals surface area contributed by atoms with Crippen LogP contribution < -0.4 is 5.32 Å². The SMILES string of the molecule is CCC(CCCl)NCc1ncccc1C. The van der Waals surface area contributed by atoms with Crippen LogP contribution in [0.1, 0.15) is 31.0 Å². The molecule has 0 fully saturated rings. The van der Waals surface area contributed by atoms with Crippen molar-refractivity contribution in [1.82, 2.24) is 10.3 Å². The summed E-state index contributed by atoms with van der Waals surface area (Å²) >= 11 is 5.73. The van der Waals surface area contributed by atoms with E-state index in [2.05, 4.69) is 30.2 Å². The second-order valence-corrected chi connectivity index (χ2v) is 4.11. The molecule has 1 aromatic heterocycles. The maximum atomic E-state index is 5.73. The van der Waals surface area contributed by atoms with Gasteiger partial charge >= 0.3 is 0 Å². The van der Waals surface area contributed by atoms with Gasteiger partial charge in [-0.15, -0.1) is 11.6 Å². The standard InChI is InChI=1S/C12H19ClN2/c1-3-11(6-7-13)15-9-12-10(2)5-4-8-14-12/h4-5,8,11,15H,3,6-7,9H2,1-2H3. The summed E-state index contributed by atoms with van der Waals surface area (Å²) in [5.74, 6) is 0.715. The molecule has 2 nitrogen and oxygen atoms in total. The molecular weight excluding hydrogens is 208 g/mol. The molecule has 0 saturated heterocycles. The predicted molar refractivity (Wildman–Crippen MR) is 65.2 cm³/mol. The molecule has 1 rings (SSSR count). The van der Waals surface area contributed by atoms with Crippen molar-refractivity contribution >= 4 is 11.6 Å². The summed E-state index contributed by atoms with van der Waals surface area (Å²) in [5.41, 5.74) is 2.37. The fourth-order valence-electron chi connectivity index (χ4n) is 1.53. The Labute approximate surface area is 97.1 Å². The Hall–Kier alpha value is -0.600. The van der Waals surface area contributed by atoms with Gasteiger partial charge in [0, 0.05) is 24.7 Å². The molecule has 1 N–H and O–H groups in total. The Balaban J connectivity index is 2.45. The number of pyridine rings is 1. The average Bonchev–Trinajstić information content (AvgIpc) is 2.26. The third-order valence-electron chi connectivity index (χ3n) is 2.63. The summed E-state index contributed by atoms with van der Waals surface area (Å²) < 4.78 is 0. The molecule has 0 aromatic carbocycles. The van der Waals surface area contributed by atoms with Crippen LogP contribution in [0.2, 0.25) is 0 Å². The molecule has 0 spiro atoms. The molecule has 0 amide bonds. The van der Waals surface area contributed by atoms with Crippen molar-refractivity contribution in [3.05, 3.63) is 29.6 Å². The molecule has 0 bridgehead atoms. The third kappa shape index (κ3) is 4.18. The monoisotopic (exact) mass is 226 g/mol. The van der Waals surface area contributed by atoms with Crippen molar-refractivity contribution < 1.29 is 0 Å². The molecular formula is C12H19ClN2. The van der Waals surface area contributed by atoms with Gasteiger partial charge < -0.3 is 5.32 Å². The van der Waals surface area contributed by atoms with Crippen molar-refractivity contribution in [2.75, 3.05) is 5.88 Å². The van der Waals surface area contributed by atoms with E-state index in [1.807, 2.05) is 12.3 Å². The van der Waals surface area contributed by atoms with Crippen LogP contribution in [0.5, 0.6) is 0 Å². The minimum Gasteiger partial charge on any atom is -0.308 e. The highest BCUT2D eigenvalue weighted by atomic mass is 35.5. The van der Waals surface area contributed by atoms with E-state index >= 15 is 0 Å². The highest BCUT2D eigenvalue weighted by Gasteiger charge is 2.05. The zero-order chi connectivity index (χ0) is 11.1. The number of halogens is 1. The van der Waals surface area contributed by atoms with Gasteiger partial charge in [-0.2, -0.15) is 0 Å². The molecule has 1 unspecified atom stereocenters. The maximum Gasteiger partial charge on any atom is 0.0570 e. The summed E-state index contributed by atoms with van der Waals surface area (Å²) in [5, 5.41) is 3.48. The highest BCUT2D eigenvalue weighted by Crippen LogP contribution is 2.05. The summed E-state index contributed by atoms with van der Waals surface area (Å²) in [6, 6.07) is 4.56. The van der Waals surface area contributed by atoms with Crippen molar-refractivity contribution in [1.29, 1.82) is 0 Å². The van der Waals surface area contributed by atoms with Crippen LogP contribution in [0.25, 0.3) is 0 Å². The minimum atomic E-state index is 0.504. The van der Waals surface area contributed by atoms with Crippen LogP contribution in [0.15, 0.2) is 18.3 Å². The second kappa shape index (κ2) is 6.81. The number of alkyl halides is 1. The molecule has 84 valence electrons. The molecule has 0 aliphatic heterocycles. The molecule has 3 heteroatoms. The van der Waals surface area contributed by atoms with Gasteiger partial charge in [-0.1, -0.05) is 13.0 Å². The first-order valence-electron chi connectivity index (χ1n) is 5.47. The number of aryl methyl sites for hydroxylation is 1. The normalized spacial score (nSPS) is 12.7. The summed E-state index contributed by atoms with van der Waals surface area (Å²) in [7, 11) is 0. The number of aromatic nitrogens is 1. The van der Waals surface area contributed by atoms with Crippen molar-refractivity contribution in [3.63, 3.8) is 0 Å². The topological polar surface area (TPSA) is 24.9 Å². The van der Waals surface area contributed by atoms with E-state index in [1.165, 1.54) is 5.56 Å². The van der Waals surface area contributed by atoms with Gasteiger partial charge in [-0.3, -0.25) is 4.98 Å². The minimum absolute atomic E-state index is 0.504. The molecule has 0 aliphatic rings. The largest absolute Gasteiger partial charge is 0.308 e. The molecule has 1 atom stereocenters. The Morgan fingerprint density at radius 1 is 1.53 bits per heavy atom. The lowest BCUT2D eigenvalue weighted by atomic mass is 10.1. The number of hydrogen-bond donors (Lipinski definition) is 1. The Morgan fingerprint density at radius 3 is 2.93 bits per heavy atom. The Kier molecular flexibility index (Phi) is 5.66. The lowest BCUT2D eigenvalue weighted by molar-refractivity contribution is 0.481. The molecule has 1 aromatic rings. The van der Waals surface area contributed by atoms with E-state index in [9.17, 15) is 0 Å². The maximum absolute atomic E-state index is 5.73. The van der Waals surface area contributed by atoms with Gasteiger partial charge in [-0.25, -0.2) is 0 Å². The first-order valence-corrected chi connectivity index (χ1v) is 6.01. The van der Waals surface area contributed by atoms with E-state index < -0.39 is 0 Å². The van der Waals surface area contributed by atoms with E-state index in [-0.39, 0.29) is 0 Å². The number of hydrogen-bond acceptors (Lipinski definition) is 2. The zero-order valence-electron chi connectivity index (χ0n) is 9.46. The van der Waals surface area contributed by atoms with Crippen LogP contribution in [-0.2, 0) is 6.54 Å². The smallest absolute Gasteiger partial charge is 0.0570 e. The molecule has 15 heavy (non-hydrogen) atoms. The van der Waals surface area contributed by atoms with Crippen LogP contribution in [0.3, 0.4) is 0 Å². The fraction of sp³-hybridized carbons (Fsp3) is 0.583. The average molecular weight is 227 g/mol. The van der Waals surface area contributed by atoms with Crippen molar-refractivity contribution in [3.8, 4) is 0 Å². The van der Waals surface area contributed by atoms with Crippen LogP contribution in [0.4, 0.5) is 0 Å². The predicted octanol–water partition coefficient (Wildman–Crippen LogP) is 2.89. The van der Waals surface area contributed by atoms with Gasteiger partial charge in [0.15, 0.2) is 0 Å². The Morgan fingerprint density at radius 2 is 2.33 bits per heavy atom. The van der Waals surface area contributed by atoms with Crippen LogP contribution in [0, 0.1) is 6.92 Å². The first-order chi connectivity index (χ1) is 7.27. The van der Waals surface area contributed by atoms with Crippen molar-refractivity contribution in [2.24, 2.45) is 0 Å².